The molecule has 1 aromatic carbocycles. The van der Waals surface area contributed by atoms with Crippen LogP contribution in [-0.4, -0.2) is 35.1 Å². The molecule has 35 heavy (non-hydrogen) atoms. The zero-order valence-electron chi connectivity index (χ0n) is 19.0. The van der Waals surface area contributed by atoms with E-state index in [1.54, 1.807) is 6.92 Å². The number of rotatable bonds is 11. The fraction of sp³-hybridized carbons (Fsp3) is 0.478. The molecule has 0 bridgehead atoms. The number of allylic oxidation sites excluding steroid dienone is 3. The molecular weight excluding hydrogens is 493 g/mol. The summed E-state index contributed by atoms with van der Waals surface area (Å²) in [5.74, 6) is -2.21. The Morgan fingerprint density at radius 1 is 1.09 bits per heavy atom. The van der Waals surface area contributed by atoms with Crippen LogP contribution in [0, 0.1) is 0 Å². The molecule has 3 rings (SSSR count). The Balaban J connectivity index is 1.55. The molecule has 1 aliphatic rings. The molecule has 1 atom stereocenters. The molecule has 0 fully saturated rings. The Bertz CT molecular complexity index is 1080. The summed E-state index contributed by atoms with van der Waals surface area (Å²) in [6.07, 6.45) is -1.24. The maximum Gasteiger partial charge on any atom is 0.419 e. The summed E-state index contributed by atoms with van der Waals surface area (Å²) in [6.45, 7) is 1.36. The molecular formula is C23H26F5N3O3S. The number of alkyl halides is 3. The van der Waals surface area contributed by atoms with Crippen LogP contribution in [0.25, 0.3) is 10.6 Å². The van der Waals surface area contributed by atoms with Gasteiger partial charge in [0.1, 0.15) is 21.6 Å². The number of hydrogen-bond acceptors (Lipinski definition) is 7. The Kier molecular flexibility index (Phi) is 8.84. The van der Waals surface area contributed by atoms with Crippen molar-refractivity contribution in [1.82, 2.24) is 10.2 Å². The second kappa shape index (κ2) is 11.4. The smallest absolute Gasteiger partial charge is 0.419 e. The molecule has 0 unspecified atom stereocenters. The first-order valence-corrected chi connectivity index (χ1v) is 11.8. The fourth-order valence-electron chi connectivity index (χ4n) is 3.18. The summed E-state index contributed by atoms with van der Waals surface area (Å²) in [7, 11) is 0. The number of nitrogens with zero attached hydrogens (tertiary/aromatic N) is 2. The standard InChI is InChI=1S/C23H26F5N3O3S/c1-22(29,13-32)21-31-30-20(35-21)14-8-9-17(15(12-14)23(26,27)28)33-10-3-2-4-11-34-18-7-5-6-16(24)19(18)25/h7-9,12,32H,2-6,10-11,13,29H2,1H3/t22-/m0/s1. The third-order valence-electron chi connectivity index (χ3n) is 5.23. The lowest BCUT2D eigenvalue weighted by molar-refractivity contribution is -0.138. The lowest BCUT2D eigenvalue weighted by Gasteiger charge is -2.17. The normalized spacial score (nSPS) is 16.2. The van der Waals surface area contributed by atoms with Crippen molar-refractivity contribution in [2.24, 2.45) is 5.73 Å². The molecule has 2 aromatic rings. The van der Waals surface area contributed by atoms with Crippen LogP contribution in [0.4, 0.5) is 22.0 Å². The second-order valence-electron chi connectivity index (χ2n) is 8.28. The number of unbranched alkanes of at least 4 members (excludes halogenated alkanes) is 2. The number of benzene rings is 1. The predicted molar refractivity (Wildman–Crippen MR) is 121 cm³/mol. The molecule has 6 nitrogen and oxygen atoms in total. The Hall–Kier alpha value is -2.57. The van der Waals surface area contributed by atoms with Gasteiger partial charge in [0.15, 0.2) is 11.6 Å². The van der Waals surface area contributed by atoms with E-state index in [-0.39, 0.29) is 41.7 Å². The van der Waals surface area contributed by atoms with Gasteiger partial charge in [-0.25, -0.2) is 8.78 Å². The van der Waals surface area contributed by atoms with Gasteiger partial charge in [0, 0.05) is 12.0 Å². The van der Waals surface area contributed by atoms with Crippen molar-refractivity contribution < 1.29 is 36.5 Å². The number of halogens is 5. The van der Waals surface area contributed by atoms with Crippen molar-refractivity contribution in [2.45, 2.75) is 50.7 Å². The van der Waals surface area contributed by atoms with E-state index in [2.05, 4.69) is 10.2 Å². The molecule has 12 heteroatoms. The summed E-state index contributed by atoms with van der Waals surface area (Å²) >= 11 is 1.00. The fourth-order valence-corrected chi connectivity index (χ4v) is 4.07. The van der Waals surface area contributed by atoms with Crippen molar-refractivity contribution in [2.75, 3.05) is 19.8 Å². The van der Waals surface area contributed by atoms with E-state index < -0.39 is 35.5 Å². The molecule has 1 aliphatic carbocycles. The lowest BCUT2D eigenvalue weighted by atomic mass is 10.1. The highest BCUT2D eigenvalue weighted by molar-refractivity contribution is 7.14. The van der Waals surface area contributed by atoms with Crippen LogP contribution in [0.15, 0.2) is 41.7 Å². The summed E-state index contributed by atoms with van der Waals surface area (Å²) in [6, 6.07) is 3.63. The van der Waals surface area contributed by atoms with Crippen molar-refractivity contribution >= 4 is 11.3 Å². The molecule has 0 radical (unpaired) electrons. The van der Waals surface area contributed by atoms with E-state index in [0.29, 0.717) is 30.7 Å². The molecule has 0 aliphatic heterocycles. The summed E-state index contributed by atoms with van der Waals surface area (Å²) in [5.41, 5.74) is 4.03. The number of aromatic nitrogens is 2. The van der Waals surface area contributed by atoms with Crippen molar-refractivity contribution in [3.05, 3.63) is 52.3 Å². The SMILES string of the molecule is C[C@](N)(CO)c1nnc(-c2ccc(OCCCCCOC3=CCCC(F)=C3F)c(C(F)(F)F)c2)s1. The monoisotopic (exact) mass is 519 g/mol. The summed E-state index contributed by atoms with van der Waals surface area (Å²) in [5, 5.41) is 17.7. The van der Waals surface area contributed by atoms with E-state index in [1.807, 2.05) is 0 Å². The second-order valence-corrected chi connectivity index (χ2v) is 9.26. The van der Waals surface area contributed by atoms with Gasteiger partial charge in [0.05, 0.1) is 30.9 Å². The minimum absolute atomic E-state index is 0.0234. The third kappa shape index (κ3) is 6.98. The van der Waals surface area contributed by atoms with Gasteiger partial charge in [0.2, 0.25) is 0 Å². The summed E-state index contributed by atoms with van der Waals surface area (Å²) < 4.78 is 78.4. The van der Waals surface area contributed by atoms with Crippen LogP contribution in [0.3, 0.4) is 0 Å². The number of aliphatic hydroxyl groups excluding tert-OH is 1. The van der Waals surface area contributed by atoms with Gasteiger partial charge >= 0.3 is 6.18 Å². The minimum atomic E-state index is -4.65. The highest BCUT2D eigenvalue weighted by Crippen LogP contribution is 2.40. The number of aliphatic hydroxyl groups is 1. The zero-order valence-corrected chi connectivity index (χ0v) is 19.8. The first kappa shape index (κ1) is 27.0. The van der Waals surface area contributed by atoms with Crippen LogP contribution in [-0.2, 0) is 16.5 Å². The van der Waals surface area contributed by atoms with Crippen molar-refractivity contribution in [3.63, 3.8) is 0 Å². The summed E-state index contributed by atoms with van der Waals surface area (Å²) in [4.78, 5) is 0. The Morgan fingerprint density at radius 3 is 2.49 bits per heavy atom. The highest BCUT2D eigenvalue weighted by atomic mass is 32.1. The van der Waals surface area contributed by atoms with Gasteiger partial charge in [-0.15, -0.1) is 10.2 Å². The zero-order chi connectivity index (χ0) is 25.6. The molecule has 1 heterocycles. The van der Waals surface area contributed by atoms with Crippen LogP contribution in [0.2, 0.25) is 0 Å². The molecule has 1 aromatic heterocycles. The lowest BCUT2D eigenvalue weighted by Crippen LogP contribution is -2.36. The quantitative estimate of drug-likeness (QED) is 0.289. The first-order valence-electron chi connectivity index (χ1n) is 11.0. The van der Waals surface area contributed by atoms with E-state index in [9.17, 15) is 27.1 Å². The minimum Gasteiger partial charge on any atom is -0.493 e. The predicted octanol–water partition coefficient (Wildman–Crippen LogP) is 5.78. The van der Waals surface area contributed by atoms with E-state index in [0.717, 1.165) is 17.4 Å². The number of ether oxygens (including phenoxy) is 2. The largest absolute Gasteiger partial charge is 0.493 e. The van der Waals surface area contributed by atoms with E-state index in [4.69, 9.17) is 15.2 Å². The molecule has 0 spiro atoms. The maximum absolute atomic E-state index is 13.7. The topological polar surface area (TPSA) is 90.5 Å². The van der Waals surface area contributed by atoms with Gasteiger partial charge in [-0.2, -0.15) is 13.2 Å². The Labute approximate surface area is 203 Å². The van der Waals surface area contributed by atoms with Crippen LogP contribution >= 0.6 is 11.3 Å². The first-order chi connectivity index (χ1) is 16.5. The van der Waals surface area contributed by atoms with Gasteiger partial charge in [-0.1, -0.05) is 11.3 Å². The molecule has 3 N–H and O–H groups in total. The van der Waals surface area contributed by atoms with Crippen molar-refractivity contribution in [1.29, 1.82) is 0 Å². The van der Waals surface area contributed by atoms with E-state index >= 15 is 0 Å². The molecule has 0 saturated carbocycles. The molecule has 0 amide bonds. The van der Waals surface area contributed by atoms with Gasteiger partial charge in [0.25, 0.3) is 0 Å². The third-order valence-corrected chi connectivity index (χ3v) is 6.48. The van der Waals surface area contributed by atoms with Gasteiger partial charge in [-0.3, -0.25) is 0 Å². The average Bonchev–Trinajstić information content (AvgIpc) is 3.32. The van der Waals surface area contributed by atoms with Crippen LogP contribution in [0.5, 0.6) is 5.75 Å². The van der Waals surface area contributed by atoms with Crippen molar-refractivity contribution in [3.8, 4) is 16.3 Å². The van der Waals surface area contributed by atoms with Crippen LogP contribution < -0.4 is 10.5 Å². The van der Waals surface area contributed by atoms with Gasteiger partial charge in [-0.05, 0) is 56.9 Å². The average molecular weight is 520 g/mol. The molecule has 0 saturated heterocycles. The van der Waals surface area contributed by atoms with Gasteiger partial charge < -0.3 is 20.3 Å². The van der Waals surface area contributed by atoms with Crippen LogP contribution in [0.1, 0.15) is 49.6 Å². The highest BCUT2D eigenvalue weighted by Gasteiger charge is 2.35. The maximum atomic E-state index is 13.7. The number of hydrogen-bond donors (Lipinski definition) is 2. The molecule has 192 valence electrons. The van der Waals surface area contributed by atoms with E-state index in [1.165, 1.54) is 18.2 Å². The Morgan fingerprint density at radius 2 is 1.80 bits per heavy atom. The number of nitrogens with two attached hydrogens (primary N) is 1.